The molecule has 1 aliphatic rings. The van der Waals surface area contributed by atoms with Crippen molar-refractivity contribution in [3.8, 4) is 0 Å². The lowest BCUT2D eigenvalue weighted by Gasteiger charge is -2.30. The molecule has 1 amide bonds. The monoisotopic (exact) mass is 157 g/mol. The molecule has 0 aromatic carbocycles. The second-order valence-electron chi connectivity index (χ2n) is 3.34. The average Bonchev–Trinajstić information content (AvgIpc) is 1.98. The Morgan fingerprint density at radius 2 is 2.27 bits per heavy atom. The minimum Gasteiger partial charge on any atom is -0.393 e. The van der Waals surface area contributed by atoms with Gasteiger partial charge in [-0.25, -0.2) is 0 Å². The Balaban J connectivity index is 2.33. The molecule has 0 aromatic rings. The molecule has 0 aliphatic heterocycles. The van der Waals surface area contributed by atoms with Crippen LogP contribution in [0.25, 0.3) is 0 Å². The van der Waals surface area contributed by atoms with Crippen LogP contribution in [0, 0.1) is 5.92 Å². The van der Waals surface area contributed by atoms with Gasteiger partial charge in [0.15, 0.2) is 0 Å². The molecule has 11 heavy (non-hydrogen) atoms. The quantitative estimate of drug-likeness (QED) is 0.566. The molecule has 1 fully saturated rings. The van der Waals surface area contributed by atoms with E-state index >= 15 is 0 Å². The van der Waals surface area contributed by atoms with Crippen molar-refractivity contribution in [2.45, 2.75) is 38.3 Å². The Morgan fingerprint density at radius 1 is 1.55 bits per heavy atom. The van der Waals surface area contributed by atoms with Crippen molar-refractivity contribution in [1.82, 2.24) is 5.32 Å². The van der Waals surface area contributed by atoms with Gasteiger partial charge in [-0.1, -0.05) is 6.92 Å². The Kier molecular flexibility index (Phi) is 2.88. The SMILES string of the molecule is C[C@@H]1CC(NC=O)CC[C@@H]1O. The predicted molar refractivity (Wildman–Crippen MR) is 42.0 cm³/mol. The van der Waals surface area contributed by atoms with Crippen LogP contribution in [0.3, 0.4) is 0 Å². The topological polar surface area (TPSA) is 49.3 Å². The highest BCUT2D eigenvalue weighted by molar-refractivity contribution is 5.46. The second kappa shape index (κ2) is 3.72. The van der Waals surface area contributed by atoms with Crippen LogP contribution >= 0.6 is 0 Å². The fraction of sp³-hybridized carbons (Fsp3) is 0.875. The number of aliphatic hydroxyl groups excluding tert-OH is 1. The fourth-order valence-electron chi connectivity index (χ4n) is 1.63. The highest BCUT2D eigenvalue weighted by Crippen LogP contribution is 2.23. The number of rotatable bonds is 2. The van der Waals surface area contributed by atoms with Crippen molar-refractivity contribution in [2.75, 3.05) is 0 Å². The lowest BCUT2D eigenvalue weighted by Crippen LogP contribution is -2.38. The number of carbonyl (C=O) groups excluding carboxylic acids is 1. The van der Waals surface area contributed by atoms with E-state index in [1.54, 1.807) is 0 Å². The first-order chi connectivity index (χ1) is 5.24. The van der Waals surface area contributed by atoms with Gasteiger partial charge < -0.3 is 10.4 Å². The maximum absolute atomic E-state index is 10.1. The normalized spacial score (nSPS) is 38.2. The van der Waals surface area contributed by atoms with Crippen LogP contribution in [0.5, 0.6) is 0 Å². The Hall–Kier alpha value is -0.570. The fourth-order valence-corrected chi connectivity index (χ4v) is 1.63. The van der Waals surface area contributed by atoms with Gasteiger partial charge in [0.1, 0.15) is 0 Å². The first-order valence-corrected chi connectivity index (χ1v) is 4.11. The van der Waals surface area contributed by atoms with Crippen LogP contribution in [-0.4, -0.2) is 23.7 Å². The van der Waals surface area contributed by atoms with Gasteiger partial charge in [-0.3, -0.25) is 4.79 Å². The van der Waals surface area contributed by atoms with Crippen molar-refractivity contribution in [1.29, 1.82) is 0 Å². The van der Waals surface area contributed by atoms with Crippen molar-refractivity contribution in [3.05, 3.63) is 0 Å². The minimum absolute atomic E-state index is 0.167. The van der Waals surface area contributed by atoms with E-state index in [0.717, 1.165) is 25.7 Å². The third kappa shape index (κ3) is 2.19. The van der Waals surface area contributed by atoms with E-state index in [1.165, 1.54) is 0 Å². The van der Waals surface area contributed by atoms with Gasteiger partial charge in [0, 0.05) is 6.04 Å². The van der Waals surface area contributed by atoms with Crippen molar-refractivity contribution in [2.24, 2.45) is 5.92 Å². The highest BCUT2D eigenvalue weighted by Gasteiger charge is 2.25. The molecule has 64 valence electrons. The number of nitrogens with one attached hydrogen (secondary N) is 1. The van der Waals surface area contributed by atoms with E-state index < -0.39 is 0 Å². The number of hydrogen-bond donors (Lipinski definition) is 2. The second-order valence-corrected chi connectivity index (χ2v) is 3.34. The summed E-state index contributed by atoms with van der Waals surface area (Å²) < 4.78 is 0. The summed E-state index contributed by atoms with van der Waals surface area (Å²) in [5.41, 5.74) is 0. The summed E-state index contributed by atoms with van der Waals surface area (Å²) in [5, 5.41) is 12.1. The lowest BCUT2D eigenvalue weighted by molar-refractivity contribution is -0.110. The molecule has 1 saturated carbocycles. The number of aliphatic hydroxyl groups is 1. The number of amides is 1. The molecular weight excluding hydrogens is 142 g/mol. The van der Waals surface area contributed by atoms with Crippen molar-refractivity contribution in [3.63, 3.8) is 0 Å². The van der Waals surface area contributed by atoms with Gasteiger partial charge in [0.05, 0.1) is 6.10 Å². The summed E-state index contributed by atoms with van der Waals surface area (Å²) in [6, 6.07) is 0.283. The van der Waals surface area contributed by atoms with E-state index in [0.29, 0.717) is 5.92 Å². The summed E-state index contributed by atoms with van der Waals surface area (Å²) >= 11 is 0. The summed E-state index contributed by atoms with van der Waals surface area (Å²) in [4.78, 5) is 10.1. The van der Waals surface area contributed by atoms with Gasteiger partial charge in [-0.05, 0) is 25.2 Å². The molecular formula is C8H15NO2. The summed E-state index contributed by atoms with van der Waals surface area (Å²) in [6.45, 7) is 2.02. The van der Waals surface area contributed by atoms with Gasteiger partial charge in [-0.2, -0.15) is 0 Å². The zero-order valence-corrected chi connectivity index (χ0v) is 6.79. The largest absolute Gasteiger partial charge is 0.393 e. The lowest BCUT2D eigenvalue weighted by atomic mass is 9.85. The summed E-state index contributed by atoms with van der Waals surface area (Å²) in [7, 11) is 0. The average molecular weight is 157 g/mol. The highest BCUT2D eigenvalue weighted by atomic mass is 16.3. The molecule has 3 atom stereocenters. The smallest absolute Gasteiger partial charge is 0.207 e. The van der Waals surface area contributed by atoms with Gasteiger partial charge in [0.2, 0.25) is 6.41 Å². The molecule has 0 saturated heterocycles. The molecule has 1 aliphatic carbocycles. The molecule has 1 rings (SSSR count). The van der Waals surface area contributed by atoms with E-state index in [-0.39, 0.29) is 12.1 Å². The van der Waals surface area contributed by atoms with Gasteiger partial charge >= 0.3 is 0 Å². The van der Waals surface area contributed by atoms with E-state index in [2.05, 4.69) is 5.32 Å². The Morgan fingerprint density at radius 3 is 2.82 bits per heavy atom. The molecule has 0 heterocycles. The molecule has 0 spiro atoms. The van der Waals surface area contributed by atoms with E-state index in [9.17, 15) is 9.90 Å². The first kappa shape index (κ1) is 8.53. The van der Waals surface area contributed by atoms with Crippen molar-refractivity contribution < 1.29 is 9.90 Å². The van der Waals surface area contributed by atoms with Crippen LogP contribution in [0.4, 0.5) is 0 Å². The van der Waals surface area contributed by atoms with Crippen LogP contribution in [0.15, 0.2) is 0 Å². The zero-order valence-electron chi connectivity index (χ0n) is 6.79. The van der Waals surface area contributed by atoms with Crippen LogP contribution < -0.4 is 5.32 Å². The molecule has 2 N–H and O–H groups in total. The van der Waals surface area contributed by atoms with Crippen LogP contribution in [-0.2, 0) is 4.79 Å². The molecule has 0 radical (unpaired) electrons. The van der Waals surface area contributed by atoms with E-state index in [4.69, 9.17) is 0 Å². The zero-order chi connectivity index (χ0) is 8.27. The molecule has 3 heteroatoms. The Bertz CT molecular complexity index is 138. The molecule has 0 aromatic heterocycles. The third-order valence-electron chi connectivity index (χ3n) is 2.43. The maximum atomic E-state index is 10.1. The number of hydrogen-bond acceptors (Lipinski definition) is 2. The van der Waals surface area contributed by atoms with Crippen LogP contribution in [0.2, 0.25) is 0 Å². The third-order valence-corrected chi connectivity index (χ3v) is 2.43. The minimum atomic E-state index is -0.167. The molecule has 3 nitrogen and oxygen atoms in total. The standard InChI is InChI=1S/C8H15NO2/c1-6-4-7(9-5-10)2-3-8(6)11/h5-8,11H,2-4H2,1H3,(H,9,10)/t6-,7?,8+/m1/s1. The predicted octanol–water partition coefficient (Wildman–Crippen LogP) is 0.282. The number of carbonyl (C=O) groups is 1. The molecule has 1 unspecified atom stereocenters. The molecule has 0 bridgehead atoms. The Labute approximate surface area is 66.8 Å². The first-order valence-electron chi connectivity index (χ1n) is 4.11. The van der Waals surface area contributed by atoms with Gasteiger partial charge in [0.25, 0.3) is 0 Å². The van der Waals surface area contributed by atoms with Gasteiger partial charge in [-0.15, -0.1) is 0 Å². The summed E-state index contributed by atoms with van der Waals surface area (Å²) in [5.74, 6) is 0.321. The summed E-state index contributed by atoms with van der Waals surface area (Å²) in [6.07, 6.45) is 3.20. The van der Waals surface area contributed by atoms with E-state index in [1.807, 2.05) is 6.92 Å². The maximum Gasteiger partial charge on any atom is 0.207 e. The van der Waals surface area contributed by atoms with Crippen LogP contribution in [0.1, 0.15) is 26.2 Å². The van der Waals surface area contributed by atoms with Crippen molar-refractivity contribution >= 4 is 6.41 Å².